The van der Waals surface area contributed by atoms with Crippen molar-refractivity contribution in [1.82, 2.24) is 24.7 Å². The second kappa shape index (κ2) is 10.3. The van der Waals surface area contributed by atoms with Gasteiger partial charge in [-0.25, -0.2) is 18.4 Å². The molecular weight excluding hydrogens is 466 g/mol. The van der Waals surface area contributed by atoms with Crippen LogP contribution in [0.1, 0.15) is 74.4 Å². The van der Waals surface area contributed by atoms with Gasteiger partial charge in [-0.05, 0) is 44.4 Å². The molecule has 1 saturated carbocycles. The summed E-state index contributed by atoms with van der Waals surface area (Å²) in [6, 6.07) is 5.49. The van der Waals surface area contributed by atoms with E-state index in [2.05, 4.69) is 20.2 Å². The van der Waals surface area contributed by atoms with Crippen molar-refractivity contribution in [3.05, 3.63) is 53.6 Å². The number of hydrogen-bond donors (Lipinski definition) is 0. The maximum Gasteiger partial charge on any atom is 0.160 e. The fourth-order valence-electron chi connectivity index (χ4n) is 4.64. The molecule has 1 aliphatic rings. The minimum absolute atomic E-state index is 0.200. The summed E-state index contributed by atoms with van der Waals surface area (Å²) in [6.45, 7) is 5.44. The molecule has 3 aromatic rings. The van der Waals surface area contributed by atoms with Gasteiger partial charge in [0, 0.05) is 24.2 Å². The summed E-state index contributed by atoms with van der Waals surface area (Å²) >= 11 is 0. The Balaban J connectivity index is 1.76. The molecule has 0 N–H and O–H groups in total. The van der Waals surface area contributed by atoms with Crippen LogP contribution < -0.4 is 9.47 Å². The molecule has 0 spiro atoms. The third-order valence-electron chi connectivity index (χ3n) is 6.91. The maximum atomic E-state index is 13.6. The Morgan fingerprint density at radius 3 is 2.20 bits per heavy atom. The number of methoxy groups -OCH3 is 2. The SMILES string of the molecule is COc1cccc(OC)c1-n1c(CS(=O)(=O)[C@@H](C)[C@H](C)c2ncc(C)cn2)nnc1C1CCCC1. The summed E-state index contributed by atoms with van der Waals surface area (Å²) in [5.41, 5.74) is 1.55. The van der Waals surface area contributed by atoms with Gasteiger partial charge < -0.3 is 9.47 Å². The van der Waals surface area contributed by atoms with Gasteiger partial charge in [0.15, 0.2) is 15.7 Å². The molecule has 0 bridgehead atoms. The lowest BCUT2D eigenvalue weighted by Gasteiger charge is -2.21. The predicted octanol–water partition coefficient (Wildman–Crippen LogP) is 4.15. The molecule has 2 heterocycles. The number of benzene rings is 1. The Kier molecular flexibility index (Phi) is 7.39. The van der Waals surface area contributed by atoms with E-state index in [9.17, 15) is 8.42 Å². The molecule has 0 radical (unpaired) electrons. The number of rotatable bonds is 9. The number of para-hydroxylation sites is 1. The molecule has 9 nitrogen and oxygen atoms in total. The summed E-state index contributed by atoms with van der Waals surface area (Å²) in [4.78, 5) is 8.69. The predicted molar refractivity (Wildman–Crippen MR) is 133 cm³/mol. The van der Waals surface area contributed by atoms with Crippen molar-refractivity contribution in [2.24, 2.45) is 0 Å². The average molecular weight is 500 g/mol. The molecule has 1 fully saturated rings. The average Bonchev–Trinajstić information content (AvgIpc) is 3.52. The first kappa shape index (κ1) is 25.1. The number of hydrogen-bond acceptors (Lipinski definition) is 8. The van der Waals surface area contributed by atoms with Gasteiger partial charge in [-0.3, -0.25) is 4.57 Å². The van der Waals surface area contributed by atoms with Crippen molar-refractivity contribution in [2.45, 2.75) is 69.3 Å². The van der Waals surface area contributed by atoms with Crippen molar-refractivity contribution >= 4 is 9.84 Å². The zero-order valence-electron chi connectivity index (χ0n) is 20.9. The number of sulfone groups is 1. The molecule has 4 rings (SSSR count). The van der Waals surface area contributed by atoms with E-state index in [1.165, 1.54) is 0 Å². The van der Waals surface area contributed by atoms with Crippen LogP contribution in [0, 0.1) is 6.92 Å². The second-order valence-corrected chi connectivity index (χ2v) is 11.6. The lowest BCUT2D eigenvalue weighted by atomic mass is 10.1. The first-order valence-corrected chi connectivity index (χ1v) is 13.6. The van der Waals surface area contributed by atoms with Gasteiger partial charge in [0.1, 0.15) is 34.6 Å². The maximum absolute atomic E-state index is 13.6. The summed E-state index contributed by atoms with van der Waals surface area (Å²) in [7, 11) is -0.470. The molecule has 0 amide bonds. The Hall–Kier alpha value is -3.01. The standard InChI is InChI=1S/C25H33N5O4S/c1-16-13-26-24(27-14-16)17(2)18(3)35(31,32)15-22-28-29-25(19-9-6-7-10-19)30(22)23-20(33-4)11-8-12-21(23)34-5/h8,11-14,17-19H,6-7,9-10,15H2,1-5H3/t17-,18-/m0/s1. The van der Waals surface area contributed by atoms with Crippen LogP contribution >= 0.6 is 0 Å². The van der Waals surface area contributed by atoms with Gasteiger partial charge in [-0.15, -0.1) is 10.2 Å². The van der Waals surface area contributed by atoms with Crippen LogP contribution in [-0.2, 0) is 15.6 Å². The highest BCUT2D eigenvalue weighted by atomic mass is 32.2. The number of aryl methyl sites for hydroxylation is 1. The van der Waals surface area contributed by atoms with Crippen LogP contribution in [0.2, 0.25) is 0 Å². The van der Waals surface area contributed by atoms with Crippen LogP contribution in [-0.4, -0.2) is 52.6 Å². The zero-order valence-corrected chi connectivity index (χ0v) is 21.7. The molecule has 2 aromatic heterocycles. The monoisotopic (exact) mass is 499 g/mol. The number of aromatic nitrogens is 5. The third-order valence-corrected chi connectivity index (χ3v) is 9.11. The van der Waals surface area contributed by atoms with Gasteiger partial charge in [-0.2, -0.15) is 0 Å². The zero-order chi connectivity index (χ0) is 25.2. The molecule has 0 aliphatic heterocycles. The summed E-state index contributed by atoms with van der Waals surface area (Å²) < 4.78 is 40.3. The Bertz CT molecular complexity index is 1250. The fourth-order valence-corrected chi connectivity index (χ4v) is 6.19. The first-order valence-electron chi connectivity index (χ1n) is 11.9. The largest absolute Gasteiger partial charge is 0.494 e. The van der Waals surface area contributed by atoms with Crippen LogP contribution in [0.25, 0.3) is 5.69 Å². The smallest absolute Gasteiger partial charge is 0.160 e. The Labute approximate surface area is 206 Å². The van der Waals surface area contributed by atoms with Gasteiger partial charge in [0.2, 0.25) is 0 Å². The van der Waals surface area contributed by atoms with E-state index in [0.29, 0.717) is 28.8 Å². The third kappa shape index (κ3) is 5.03. The van der Waals surface area contributed by atoms with Crippen molar-refractivity contribution < 1.29 is 17.9 Å². The molecule has 0 unspecified atom stereocenters. The van der Waals surface area contributed by atoms with Crippen LogP contribution in [0.3, 0.4) is 0 Å². The van der Waals surface area contributed by atoms with E-state index in [4.69, 9.17) is 9.47 Å². The van der Waals surface area contributed by atoms with Crippen LogP contribution in [0.4, 0.5) is 0 Å². The minimum Gasteiger partial charge on any atom is -0.494 e. The number of nitrogens with zero attached hydrogens (tertiary/aromatic N) is 5. The van der Waals surface area contributed by atoms with Crippen LogP contribution in [0.15, 0.2) is 30.6 Å². The number of ether oxygens (including phenoxy) is 2. The van der Waals surface area contributed by atoms with Crippen molar-refractivity contribution in [2.75, 3.05) is 14.2 Å². The van der Waals surface area contributed by atoms with Gasteiger partial charge in [0.25, 0.3) is 0 Å². The van der Waals surface area contributed by atoms with E-state index >= 15 is 0 Å². The van der Waals surface area contributed by atoms with Gasteiger partial charge in [0.05, 0.1) is 19.5 Å². The lowest BCUT2D eigenvalue weighted by Crippen LogP contribution is -2.27. The summed E-state index contributed by atoms with van der Waals surface area (Å²) in [5.74, 6) is 2.28. The Morgan fingerprint density at radius 2 is 1.63 bits per heavy atom. The van der Waals surface area contributed by atoms with E-state index in [-0.39, 0.29) is 17.6 Å². The van der Waals surface area contributed by atoms with Crippen molar-refractivity contribution in [3.63, 3.8) is 0 Å². The molecule has 10 heteroatoms. The second-order valence-electron chi connectivity index (χ2n) is 9.22. The van der Waals surface area contributed by atoms with Gasteiger partial charge >= 0.3 is 0 Å². The first-order chi connectivity index (χ1) is 16.8. The van der Waals surface area contributed by atoms with Crippen molar-refractivity contribution in [3.8, 4) is 17.2 Å². The molecule has 1 aliphatic carbocycles. The van der Waals surface area contributed by atoms with Crippen molar-refractivity contribution in [1.29, 1.82) is 0 Å². The van der Waals surface area contributed by atoms with E-state index in [1.807, 2.05) is 36.6 Å². The van der Waals surface area contributed by atoms with E-state index in [1.54, 1.807) is 33.5 Å². The molecule has 35 heavy (non-hydrogen) atoms. The lowest BCUT2D eigenvalue weighted by molar-refractivity contribution is 0.389. The normalized spacial score (nSPS) is 16.3. The van der Waals surface area contributed by atoms with E-state index < -0.39 is 15.1 Å². The minimum atomic E-state index is -3.64. The topological polar surface area (TPSA) is 109 Å². The Morgan fingerprint density at radius 1 is 1.03 bits per heavy atom. The summed E-state index contributed by atoms with van der Waals surface area (Å²) in [5, 5.41) is 8.17. The fraction of sp³-hybridized carbons (Fsp3) is 0.520. The molecule has 188 valence electrons. The summed E-state index contributed by atoms with van der Waals surface area (Å²) in [6.07, 6.45) is 7.60. The molecule has 1 aromatic carbocycles. The molecular formula is C25H33N5O4S. The highest BCUT2D eigenvalue weighted by Gasteiger charge is 2.34. The quantitative estimate of drug-likeness (QED) is 0.432. The highest BCUT2D eigenvalue weighted by Crippen LogP contribution is 2.40. The van der Waals surface area contributed by atoms with Gasteiger partial charge in [-0.1, -0.05) is 25.8 Å². The molecule has 0 saturated heterocycles. The van der Waals surface area contributed by atoms with Crippen LogP contribution in [0.5, 0.6) is 11.5 Å². The molecule has 2 atom stereocenters. The van der Waals surface area contributed by atoms with E-state index in [0.717, 1.165) is 37.1 Å². The highest BCUT2D eigenvalue weighted by molar-refractivity contribution is 7.91.